The summed E-state index contributed by atoms with van der Waals surface area (Å²) in [6.07, 6.45) is -1.04. The van der Waals surface area contributed by atoms with E-state index in [1.54, 1.807) is 58.0 Å². The highest BCUT2D eigenvalue weighted by Gasteiger charge is 2.41. The van der Waals surface area contributed by atoms with Gasteiger partial charge in [-0.3, -0.25) is 57.5 Å². The normalized spacial score (nSPS) is 22.9. The highest BCUT2D eigenvalue weighted by Crippen LogP contribution is 2.26. The Balaban J connectivity index is 1.68. The predicted octanol–water partition coefficient (Wildman–Crippen LogP) is -2.28. The summed E-state index contributed by atoms with van der Waals surface area (Å²) < 4.78 is 0. The number of rotatable bonds is 21. The number of amides is 11. The van der Waals surface area contributed by atoms with Crippen LogP contribution < -0.4 is 59.7 Å². The molecule has 0 aliphatic carbocycles. The maximum absolute atomic E-state index is 14.8. The summed E-state index contributed by atoms with van der Waals surface area (Å²) in [6.45, 7) is 6.25. The fraction of sp³-hybridized carbons (Fsp3) is 0.538. The molecule has 2 saturated heterocycles. The van der Waals surface area contributed by atoms with Crippen LogP contribution in [0.25, 0.3) is 0 Å². The molecule has 26 nitrogen and oxygen atoms in total. The highest BCUT2D eigenvalue weighted by molar-refractivity contribution is 8.76. The van der Waals surface area contributed by atoms with Gasteiger partial charge in [0.1, 0.15) is 60.6 Å². The molecule has 0 saturated carbocycles. The maximum Gasteiger partial charge on any atom is 0.322 e. The van der Waals surface area contributed by atoms with Crippen LogP contribution in [0.4, 0.5) is 0 Å². The zero-order valence-corrected chi connectivity index (χ0v) is 46.7. The Kier molecular flexibility index (Phi) is 26.0. The first-order valence-corrected chi connectivity index (χ1v) is 28.7. The van der Waals surface area contributed by atoms with Crippen molar-refractivity contribution in [1.29, 1.82) is 0 Å². The van der Waals surface area contributed by atoms with Crippen molar-refractivity contribution < 1.29 is 67.7 Å². The second-order valence-corrected chi connectivity index (χ2v) is 22.6. The first kappa shape index (κ1) is 65.1. The molecular weight excluding hydrogens is 1080 g/mol. The zero-order valence-electron chi connectivity index (χ0n) is 45.0. The van der Waals surface area contributed by atoms with Crippen LogP contribution >= 0.6 is 21.6 Å². The summed E-state index contributed by atoms with van der Waals surface area (Å²) in [5.74, 6) is -12.2. The van der Waals surface area contributed by atoms with Crippen LogP contribution in [0.15, 0.2) is 54.6 Å². The number of aromatic hydroxyl groups is 1. The molecule has 28 heteroatoms. The molecule has 2 heterocycles. The molecule has 2 aromatic carbocycles. The lowest BCUT2D eigenvalue weighted by Gasteiger charge is -2.31. The van der Waals surface area contributed by atoms with Gasteiger partial charge in [-0.25, -0.2) is 0 Å². The molecule has 10 atom stereocenters. The molecule has 2 fully saturated rings. The quantitative estimate of drug-likeness (QED) is 0.0586. The van der Waals surface area contributed by atoms with Gasteiger partial charge in [0.15, 0.2) is 0 Å². The molecule has 0 aromatic heterocycles. The highest BCUT2D eigenvalue weighted by atomic mass is 33.1. The largest absolute Gasteiger partial charge is 0.508 e. The van der Waals surface area contributed by atoms with Gasteiger partial charge in [-0.05, 0) is 60.8 Å². The van der Waals surface area contributed by atoms with E-state index in [-0.39, 0.29) is 55.4 Å². The topological polar surface area (TPSA) is 423 Å². The lowest BCUT2D eigenvalue weighted by Crippen LogP contribution is -2.61. The Hall–Kier alpha value is -7.46. The van der Waals surface area contributed by atoms with Crippen LogP contribution in [0, 0.1) is 11.8 Å². The molecule has 2 aliphatic heterocycles. The Morgan fingerprint density at radius 1 is 0.725 bits per heavy atom. The van der Waals surface area contributed by atoms with Gasteiger partial charge in [0.2, 0.25) is 65.0 Å². The van der Waals surface area contributed by atoms with Crippen LogP contribution in [0.2, 0.25) is 0 Å². The number of carbonyl (C=O) groups excluding carboxylic acids is 11. The summed E-state index contributed by atoms with van der Waals surface area (Å²) in [5, 5.41) is 39.6. The van der Waals surface area contributed by atoms with Gasteiger partial charge in [-0.1, -0.05) is 98.2 Å². The van der Waals surface area contributed by atoms with Crippen LogP contribution in [0.1, 0.15) is 83.8 Å². The first-order chi connectivity index (χ1) is 37.9. The summed E-state index contributed by atoms with van der Waals surface area (Å²) in [7, 11) is 2.00. The van der Waals surface area contributed by atoms with E-state index in [0.717, 1.165) is 21.6 Å². The van der Waals surface area contributed by atoms with E-state index in [9.17, 15) is 67.7 Å². The van der Waals surface area contributed by atoms with Crippen molar-refractivity contribution in [1.82, 2.24) is 47.4 Å². The average molecular weight is 1160 g/mol. The van der Waals surface area contributed by atoms with E-state index in [1.165, 1.54) is 29.2 Å². The number of phenolic OH excluding ortho intramolecular Hbond substituents is 1. The van der Waals surface area contributed by atoms with Crippen LogP contribution in [0.3, 0.4) is 0 Å². The maximum atomic E-state index is 14.8. The van der Waals surface area contributed by atoms with E-state index in [2.05, 4.69) is 42.5 Å². The summed E-state index contributed by atoms with van der Waals surface area (Å²) >= 11 is 0. The van der Waals surface area contributed by atoms with Gasteiger partial charge < -0.3 is 74.8 Å². The van der Waals surface area contributed by atoms with Crippen molar-refractivity contribution in [2.24, 2.45) is 29.0 Å². The van der Waals surface area contributed by atoms with Crippen molar-refractivity contribution in [2.75, 3.05) is 24.6 Å². The number of aliphatic carboxylic acids is 1. The molecule has 2 aromatic rings. The van der Waals surface area contributed by atoms with E-state index < -0.39 is 157 Å². The number of carboxylic acids is 1. The number of nitrogens with zero attached hydrogens (tertiary/aromatic N) is 1. The number of likely N-dealkylation sites (tertiary alicyclic amines) is 1. The van der Waals surface area contributed by atoms with Crippen LogP contribution in [0.5, 0.6) is 5.75 Å². The van der Waals surface area contributed by atoms with Crippen molar-refractivity contribution in [3.63, 3.8) is 0 Å². The monoisotopic (exact) mass is 1150 g/mol. The first-order valence-electron chi connectivity index (χ1n) is 26.2. The van der Waals surface area contributed by atoms with Gasteiger partial charge in [-0.2, -0.15) is 0 Å². The SMILES string of the molecule is CC[C@H](C)[C@@H]1NC(=O)[C@H](Cc2ccc(O)cc2)NC(=O)[C@@H](N)CSSC[C@@H](C(=O)N2CCC[C@H]2C(=O)N[C@@H](CC(C)C)C(=O)N[C@@H](Cc2ccccc2)C(=O)NCC(=O)O)NC(=O)[C@H](CC(N)=O)NC(=O)[C@H](CCC(N)=O)NC1=O. The summed E-state index contributed by atoms with van der Waals surface area (Å²) in [5.41, 5.74) is 18.5. The average Bonchev–Trinajstić information content (AvgIpc) is 3.92. The fourth-order valence-electron chi connectivity index (χ4n) is 8.66. The van der Waals surface area contributed by atoms with Crippen molar-refractivity contribution in [3.8, 4) is 5.75 Å². The smallest absolute Gasteiger partial charge is 0.322 e. The molecule has 438 valence electrons. The molecule has 2 aliphatic rings. The van der Waals surface area contributed by atoms with Crippen molar-refractivity contribution >= 4 is 92.5 Å². The number of hydrogen-bond acceptors (Lipinski definition) is 16. The van der Waals surface area contributed by atoms with E-state index in [0.29, 0.717) is 24.0 Å². The van der Waals surface area contributed by atoms with Crippen LogP contribution in [-0.2, 0) is 70.4 Å². The molecule has 0 bridgehead atoms. The Bertz CT molecular complexity index is 2540. The number of carboxylic acid groups (broad SMARTS) is 1. The standard InChI is InChI=1S/C52H74N12O14S2/c1-5-28(4)43-51(77)57-33(17-18-40(54)66)46(72)60-37(23-41(55)67)48(74)62-38(26-80-79-25-32(53)44(70)58-36(49(75)63-43)22-30-13-15-31(65)16-14-30)52(78)64-19-9-12-39(64)50(76)61-34(20-27(2)3)47(73)59-35(45(71)56-24-42(68)69)21-29-10-7-6-8-11-29/h6-8,10-11,13-16,27-28,32-39,43,65H,5,9,12,17-26,53H2,1-4H3,(H2,54,66)(H2,55,67)(H,56,71)(H,57,77)(H,58,70)(H,59,73)(H,60,72)(H,61,76)(H,62,74)(H,63,75)(H,68,69)/t28-,32-,33-,34-,35-,36-,37-,38-,39-,43-/m0/s1. The molecule has 0 unspecified atom stereocenters. The number of nitrogens with one attached hydrogen (secondary N) is 8. The third-order valence-corrected chi connectivity index (χ3v) is 15.6. The van der Waals surface area contributed by atoms with Gasteiger partial charge in [-0.15, -0.1) is 0 Å². The van der Waals surface area contributed by atoms with Crippen LogP contribution in [-0.4, -0.2) is 165 Å². The lowest BCUT2D eigenvalue weighted by molar-refractivity contribution is -0.142. The third kappa shape index (κ3) is 21.0. The third-order valence-electron chi connectivity index (χ3n) is 13.2. The summed E-state index contributed by atoms with van der Waals surface area (Å²) in [4.78, 5) is 164. The molecular formula is C52H74N12O14S2. The second kappa shape index (κ2) is 32.0. The predicted molar refractivity (Wildman–Crippen MR) is 295 cm³/mol. The number of nitrogens with two attached hydrogens (primary N) is 3. The number of phenols is 1. The minimum absolute atomic E-state index is 0.00465. The Morgan fingerprint density at radius 3 is 1.98 bits per heavy atom. The van der Waals surface area contributed by atoms with Gasteiger partial charge in [0.25, 0.3) is 0 Å². The number of benzene rings is 2. The van der Waals surface area contributed by atoms with Crippen molar-refractivity contribution in [3.05, 3.63) is 65.7 Å². The zero-order chi connectivity index (χ0) is 59.2. The molecule has 16 N–H and O–H groups in total. The molecule has 11 amide bonds. The minimum atomic E-state index is -1.79. The minimum Gasteiger partial charge on any atom is -0.508 e. The van der Waals surface area contributed by atoms with Crippen molar-refractivity contribution in [2.45, 2.75) is 140 Å². The van der Waals surface area contributed by atoms with E-state index >= 15 is 0 Å². The number of hydrogen-bond donors (Lipinski definition) is 13. The molecule has 80 heavy (non-hydrogen) atoms. The lowest BCUT2D eigenvalue weighted by atomic mass is 9.96. The molecule has 0 radical (unpaired) electrons. The van der Waals surface area contributed by atoms with Gasteiger partial charge in [0.05, 0.1) is 12.5 Å². The molecule has 0 spiro atoms. The number of primary amides is 2. The fourth-order valence-corrected chi connectivity index (χ4v) is 10.9. The van der Waals surface area contributed by atoms with E-state index in [1.807, 2.05) is 0 Å². The second-order valence-electron chi connectivity index (χ2n) is 20.1. The van der Waals surface area contributed by atoms with E-state index in [4.69, 9.17) is 17.2 Å². The summed E-state index contributed by atoms with van der Waals surface area (Å²) in [6, 6.07) is 1.85. The Labute approximate surface area is 470 Å². The molecule has 4 rings (SSSR count). The van der Waals surface area contributed by atoms with Gasteiger partial charge >= 0.3 is 5.97 Å². The number of carbonyl (C=O) groups is 12. The van der Waals surface area contributed by atoms with Gasteiger partial charge in [0, 0.05) is 37.3 Å². The Morgan fingerprint density at radius 2 is 1.35 bits per heavy atom.